The summed E-state index contributed by atoms with van der Waals surface area (Å²) in [6.45, 7) is 16.1. The summed E-state index contributed by atoms with van der Waals surface area (Å²) in [5, 5.41) is 0.604. The Kier molecular flexibility index (Phi) is 10.9. The summed E-state index contributed by atoms with van der Waals surface area (Å²) in [5.74, 6) is 0.902. The number of rotatable bonds is 14. The van der Waals surface area contributed by atoms with Crippen molar-refractivity contribution in [2.24, 2.45) is 11.8 Å². The molecule has 0 saturated heterocycles. The quantitative estimate of drug-likeness (QED) is 0.249. The third kappa shape index (κ3) is 7.78. The predicted octanol–water partition coefficient (Wildman–Crippen LogP) is 5.60. The minimum absolute atomic E-state index is 0.196. The summed E-state index contributed by atoms with van der Waals surface area (Å²) in [4.78, 5) is 22.7. The number of anilines is 1. The summed E-state index contributed by atoms with van der Waals surface area (Å²) in [5.41, 5.74) is 1.19. The predicted molar refractivity (Wildman–Crippen MR) is 161 cm³/mol. The molecular formula is C29H42N4O4S2. The normalized spacial score (nSPS) is 12.3. The van der Waals surface area contributed by atoms with Crippen LogP contribution in [0, 0.1) is 11.8 Å². The van der Waals surface area contributed by atoms with Gasteiger partial charge in [-0.2, -0.15) is 4.31 Å². The molecule has 1 aromatic heterocycles. The van der Waals surface area contributed by atoms with Gasteiger partial charge in [-0.15, -0.1) is 0 Å². The molecule has 214 valence electrons. The molecule has 1 amide bonds. The van der Waals surface area contributed by atoms with Crippen molar-refractivity contribution in [1.29, 1.82) is 0 Å². The fourth-order valence-corrected chi connectivity index (χ4v) is 7.10. The Morgan fingerprint density at radius 3 is 2.10 bits per heavy atom. The first kappa shape index (κ1) is 31.0. The van der Waals surface area contributed by atoms with Crippen molar-refractivity contribution in [2.45, 2.75) is 46.4 Å². The van der Waals surface area contributed by atoms with Crippen LogP contribution in [0.3, 0.4) is 0 Å². The van der Waals surface area contributed by atoms with E-state index >= 15 is 0 Å². The van der Waals surface area contributed by atoms with Crippen molar-refractivity contribution >= 4 is 42.6 Å². The molecule has 10 heteroatoms. The standard InChI is InChI=1S/C29H42N4O4S2/c1-8-31(9-2)16-17-33(29-30-26-18-24(37-7)12-15-27(26)38-29)28(34)23-10-13-25(14-11-23)39(35,36)32(19-21(3)4)20-22(5)6/h10-15,18,21-22H,8-9,16-17,19-20H2,1-7H3. The van der Waals surface area contributed by atoms with Gasteiger partial charge in [0.25, 0.3) is 5.91 Å². The first-order chi connectivity index (χ1) is 18.5. The van der Waals surface area contributed by atoms with Gasteiger partial charge in [0.2, 0.25) is 10.0 Å². The Balaban J connectivity index is 1.93. The van der Waals surface area contributed by atoms with Crippen LogP contribution in [0.1, 0.15) is 51.9 Å². The highest BCUT2D eigenvalue weighted by Crippen LogP contribution is 2.32. The molecule has 0 fully saturated rings. The molecule has 0 radical (unpaired) electrons. The van der Waals surface area contributed by atoms with E-state index in [1.807, 2.05) is 45.9 Å². The van der Waals surface area contributed by atoms with Gasteiger partial charge in [0.05, 0.1) is 22.2 Å². The average Bonchev–Trinajstić information content (AvgIpc) is 3.33. The number of thiazole rings is 1. The molecule has 2 aromatic carbocycles. The summed E-state index contributed by atoms with van der Waals surface area (Å²) in [7, 11) is -2.06. The SMILES string of the molecule is CCN(CC)CCN(C(=O)c1ccc(S(=O)(=O)N(CC(C)C)CC(C)C)cc1)c1nc2cc(OC)ccc2s1. The number of methoxy groups -OCH3 is 1. The zero-order valence-electron chi connectivity index (χ0n) is 24.2. The molecule has 8 nitrogen and oxygen atoms in total. The number of ether oxygens (including phenoxy) is 1. The van der Waals surface area contributed by atoms with Crippen molar-refractivity contribution in [1.82, 2.24) is 14.2 Å². The van der Waals surface area contributed by atoms with E-state index in [0.29, 0.717) is 42.6 Å². The smallest absolute Gasteiger partial charge is 0.260 e. The zero-order chi connectivity index (χ0) is 28.7. The molecular weight excluding hydrogens is 532 g/mol. The fourth-order valence-electron chi connectivity index (χ4n) is 4.36. The van der Waals surface area contributed by atoms with Crippen LogP contribution in [0.4, 0.5) is 5.13 Å². The van der Waals surface area contributed by atoms with E-state index in [2.05, 4.69) is 18.7 Å². The number of aromatic nitrogens is 1. The molecule has 3 rings (SSSR count). The van der Waals surface area contributed by atoms with Crippen LogP contribution in [-0.2, 0) is 10.0 Å². The van der Waals surface area contributed by atoms with Gasteiger partial charge < -0.3 is 9.64 Å². The molecule has 0 aliphatic heterocycles. The van der Waals surface area contributed by atoms with Crippen LogP contribution in [0.25, 0.3) is 10.2 Å². The Morgan fingerprint density at radius 1 is 0.949 bits per heavy atom. The van der Waals surface area contributed by atoms with E-state index in [4.69, 9.17) is 9.72 Å². The number of carbonyl (C=O) groups is 1. The Bertz CT molecular complexity index is 1320. The Hall–Kier alpha value is -2.53. The van der Waals surface area contributed by atoms with Crippen molar-refractivity contribution in [3.63, 3.8) is 0 Å². The molecule has 3 aromatic rings. The van der Waals surface area contributed by atoms with Gasteiger partial charge >= 0.3 is 0 Å². The van der Waals surface area contributed by atoms with Crippen LogP contribution in [0.5, 0.6) is 5.75 Å². The van der Waals surface area contributed by atoms with Crippen LogP contribution in [-0.4, -0.2) is 74.9 Å². The molecule has 0 unspecified atom stereocenters. The molecule has 0 bridgehead atoms. The minimum Gasteiger partial charge on any atom is -0.497 e. The van der Waals surface area contributed by atoms with Crippen LogP contribution in [0.15, 0.2) is 47.4 Å². The number of nitrogens with zero attached hydrogens (tertiary/aromatic N) is 4. The van der Waals surface area contributed by atoms with Crippen molar-refractivity contribution in [3.05, 3.63) is 48.0 Å². The van der Waals surface area contributed by atoms with Crippen molar-refractivity contribution < 1.29 is 17.9 Å². The molecule has 0 aliphatic rings. The summed E-state index contributed by atoms with van der Waals surface area (Å²) in [6.07, 6.45) is 0. The number of benzene rings is 2. The minimum atomic E-state index is -3.68. The molecule has 0 saturated carbocycles. The van der Waals surface area contributed by atoms with E-state index in [-0.39, 0.29) is 22.6 Å². The monoisotopic (exact) mass is 574 g/mol. The van der Waals surface area contributed by atoms with Gasteiger partial charge in [-0.25, -0.2) is 13.4 Å². The second-order valence-electron chi connectivity index (χ2n) is 10.4. The highest BCUT2D eigenvalue weighted by Gasteiger charge is 2.27. The van der Waals surface area contributed by atoms with Crippen LogP contribution >= 0.6 is 11.3 Å². The third-order valence-electron chi connectivity index (χ3n) is 6.47. The van der Waals surface area contributed by atoms with E-state index in [1.54, 1.807) is 40.6 Å². The molecule has 0 aliphatic carbocycles. The van der Waals surface area contributed by atoms with E-state index in [0.717, 1.165) is 23.3 Å². The Morgan fingerprint density at radius 2 is 1.56 bits per heavy atom. The first-order valence-electron chi connectivity index (χ1n) is 13.6. The van der Waals surface area contributed by atoms with E-state index < -0.39 is 10.0 Å². The molecule has 0 atom stereocenters. The van der Waals surface area contributed by atoms with Crippen LogP contribution < -0.4 is 9.64 Å². The summed E-state index contributed by atoms with van der Waals surface area (Å²) in [6, 6.07) is 12.0. The lowest BCUT2D eigenvalue weighted by Crippen LogP contribution is -2.39. The number of fused-ring (bicyclic) bond motifs is 1. The zero-order valence-corrected chi connectivity index (χ0v) is 25.8. The number of hydrogen-bond acceptors (Lipinski definition) is 7. The molecule has 39 heavy (non-hydrogen) atoms. The molecule has 1 heterocycles. The number of sulfonamides is 1. The maximum Gasteiger partial charge on any atom is 0.260 e. The summed E-state index contributed by atoms with van der Waals surface area (Å²) < 4.78 is 34.7. The number of likely N-dealkylation sites (N-methyl/N-ethyl adjacent to an activating group) is 1. The van der Waals surface area contributed by atoms with Gasteiger partial charge in [-0.05, 0) is 61.3 Å². The maximum atomic E-state index is 13.8. The lowest BCUT2D eigenvalue weighted by molar-refractivity contribution is 0.0983. The van der Waals surface area contributed by atoms with Gasteiger partial charge in [0.15, 0.2) is 5.13 Å². The third-order valence-corrected chi connectivity index (χ3v) is 9.38. The van der Waals surface area contributed by atoms with Crippen molar-refractivity contribution in [3.8, 4) is 5.75 Å². The first-order valence-corrected chi connectivity index (χ1v) is 15.8. The van der Waals surface area contributed by atoms with E-state index in [1.165, 1.54) is 11.3 Å². The number of amides is 1. The number of carbonyl (C=O) groups excluding carboxylic acids is 1. The maximum absolute atomic E-state index is 13.8. The lowest BCUT2D eigenvalue weighted by atomic mass is 10.2. The average molecular weight is 575 g/mol. The molecule has 0 spiro atoms. The largest absolute Gasteiger partial charge is 0.497 e. The fraction of sp³-hybridized carbons (Fsp3) is 0.517. The highest BCUT2D eigenvalue weighted by molar-refractivity contribution is 7.89. The van der Waals surface area contributed by atoms with E-state index in [9.17, 15) is 13.2 Å². The van der Waals surface area contributed by atoms with Gasteiger partial charge in [-0.1, -0.05) is 52.9 Å². The Labute approximate surface area is 237 Å². The lowest BCUT2D eigenvalue weighted by Gasteiger charge is -2.26. The second kappa shape index (κ2) is 13.7. The van der Waals surface area contributed by atoms with Gasteiger partial charge in [0.1, 0.15) is 5.75 Å². The topological polar surface area (TPSA) is 83.1 Å². The van der Waals surface area contributed by atoms with Gasteiger partial charge in [-0.3, -0.25) is 9.69 Å². The van der Waals surface area contributed by atoms with Crippen LogP contribution in [0.2, 0.25) is 0 Å². The molecule has 0 N–H and O–H groups in total. The second-order valence-corrected chi connectivity index (χ2v) is 13.4. The highest BCUT2D eigenvalue weighted by atomic mass is 32.2. The van der Waals surface area contributed by atoms with Gasteiger partial charge in [0, 0.05) is 37.8 Å². The number of hydrogen-bond donors (Lipinski definition) is 0. The van der Waals surface area contributed by atoms with Crippen molar-refractivity contribution in [2.75, 3.05) is 51.3 Å². The summed E-state index contributed by atoms with van der Waals surface area (Å²) >= 11 is 1.45.